The molecule has 72 valence electrons. The van der Waals surface area contributed by atoms with Crippen LogP contribution in [0.15, 0.2) is 4.52 Å². The number of rotatable bonds is 4. The number of aryl methyl sites for hydroxylation is 2. The number of amides is 1. The Bertz CT molecular complexity index is 290. The fourth-order valence-electron chi connectivity index (χ4n) is 0.962. The van der Waals surface area contributed by atoms with Crippen LogP contribution < -0.4 is 5.73 Å². The van der Waals surface area contributed by atoms with E-state index in [0.717, 1.165) is 22.8 Å². The highest BCUT2D eigenvalue weighted by Crippen LogP contribution is 2.18. The van der Waals surface area contributed by atoms with Crippen molar-refractivity contribution >= 4 is 17.7 Å². The van der Waals surface area contributed by atoms with Crippen LogP contribution in [-0.4, -0.2) is 16.8 Å². The zero-order valence-corrected chi connectivity index (χ0v) is 8.48. The first-order valence-corrected chi connectivity index (χ1v) is 5.04. The first-order chi connectivity index (χ1) is 6.11. The lowest BCUT2D eigenvalue weighted by molar-refractivity contribution is -0.115. The molecule has 4 nitrogen and oxygen atoms in total. The molecular formula is C8H12N2O2S. The molecule has 1 aromatic heterocycles. The highest BCUT2D eigenvalue weighted by Gasteiger charge is 2.08. The van der Waals surface area contributed by atoms with Gasteiger partial charge in [-0.05, 0) is 13.8 Å². The number of hydrogen-bond acceptors (Lipinski definition) is 4. The second-order valence-electron chi connectivity index (χ2n) is 2.76. The van der Waals surface area contributed by atoms with Crippen molar-refractivity contribution in [2.75, 3.05) is 5.75 Å². The molecule has 0 saturated heterocycles. The third-order valence-corrected chi connectivity index (χ3v) is 2.65. The molecule has 0 spiro atoms. The molecule has 0 radical (unpaired) electrons. The van der Waals surface area contributed by atoms with Gasteiger partial charge < -0.3 is 10.3 Å². The molecule has 0 aliphatic rings. The topological polar surface area (TPSA) is 69.1 Å². The van der Waals surface area contributed by atoms with E-state index in [2.05, 4.69) is 5.16 Å². The molecule has 5 heteroatoms. The van der Waals surface area contributed by atoms with Crippen molar-refractivity contribution in [1.82, 2.24) is 5.16 Å². The van der Waals surface area contributed by atoms with Gasteiger partial charge in [0.15, 0.2) is 0 Å². The van der Waals surface area contributed by atoms with Crippen molar-refractivity contribution in [2.45, 2.75) is 19.6 Å². The molecular weight excluding hydrogens is 188 g/mol. The summed E-state index contributed by atoms with van der Waals surface area (Å²) in [6, 6.07) is 0. The Kier molecular flexibility index (Phi) is 3.36. The van der Waals surface area contributed by atoms with E-state index in [0.29, 0.717) is 5.75 Å². The summed E-state index contributed by atoms with van der Waals surface area (Å²) in [6.45, 7) is 3.75. The Morgan fingerprint density at radius 2 is 2.31 bits per heavy atom. The predicted molar refractivity (Wildman–Crippen MR) is 51.3 cm³/mol. The van der Waals surface area contributed by atoms with Gasteiger partial charge in [-0.2, -0.15) is 0 Å². The van der Waals surface area contributed by atoms with Crippen LogP contribution in [0.3, 0.4) is 0 Å². The van der Waals surface area contributed by atoms with E-state index in [1.54, 1.807) is 0 Å². The first kappa shape index (κ1) is 10.1. The minimum absolute atomic E-state index is 0.295. The van der Waals surface area contributed by atoms with E-state index in [4.69, 9.17) is 10.3 Å². The minimum atomic E-state index is -0.295. The number of aromatic nitrogens is 1. The fourth-order valence-corrected chi connectivity index (χ4v) is 1.88. The van der Waals surface area contributed by atoms with Crippen molar-refractivity contribution in [2.24, 2.45) is 5.73 Å². The Morgan fingerprint density at radius 1 is 1.62 bits per heavy atom. The summed E-state index contributed by atoms with van der Waals surface area (Å²) >= 11 is 1.47. The van der Waals surface area contributed by atoms with Crippen molar-refractivity contribution in [3.63, 3.8) is 0 Å². The van der Waals surface area contributed by atoms with E-state index in [1.807, 2.05) is 13.8 Å². The molecule has 2 N–H and O–H groups in total. The molecule has 0 atom stereocenters. The average molecular weight is 200 g/mol. The molecule has 0 fully saturated rings. The van der Waals surface area contributed by atoms with Gasteiger partial charge in [-0.25, -0.2) is 0 Å². The van der Waals surface area contributed by atoms with Gasteiger partial charge in [0.05, 0.1) is 11.4 Å². The first-order valence-electron chi connectivity index (χ1n) is 3.89. The smallest absolute Gasteiger partial charge is 0.227 e. The van der Waals surface area contributed by atoms with Crippen molar-refractivity contribution in [3.8, 4) is 0 Å². The average Bonchev–Trinajstić information content (AvgIpc) is 2.34. The molecule has 1 aromatic rings. The minimum Gasteiger partial charge on any atom is -0.369 e. The zero-order valence-electron chi connectivity index (χ0n) is 7.66. The maximum absolute atomic E-state index is 10.5. The van der Waals surface area contributed by atoms with Crippen LogP contribution >= 0.6 is 11.8 Å². The number of hydrogen-bond donors (Lipinski definition) is 1. The number of primary amides is 1. The zero-order chi connectivity index (χ0) is 9.84. The molecule has 0 saturated carbocycles. The molecule has 0 aliphatic carbocycles. The number of carbonyl (C=O) groups is 1. The quantitative estimate of drug-likeness (QED) is 0.787. The normalized spacial score (nSPS) is 10.3. The Hall–Kier alpha value is -0.970. The molecule has 1 rings (SSSR count). The highest BCUT2D eigenvalue weighted by molar-refractivity contribution is 7.99. The van der Waals surface area contributed by atoms with Crippen LogP contribution in [0.5, 0.6) is 0 Å². The van der Waals surface area contributed by atoms with Gasteiger partial charge in [-0.15, -0.1) is 11.8 Å². The Balaban J connectivity index is 2.49. The monoisotopic (exact) mass is 200 g/mol. The van der Waals surface area contributed by atoms with Gasteiger partial charge in [0.25, 0.3) is 0 Å². The van der Waals surface area contributed by atoms with Crippen molar-refractivity contribution < 1.29 is 9.32 Å². The van der Waals surface area contributed by atoms with Crippen LogP contribution in [0.1, 0.15) is 17.0 Å². The largest absolute Gasteiger partial charge is 0.369 e. The van der Waals surface area contributed by atoms with Crippen LogP contribution in [0.2, 0.25) is 0 Å². The van der Waals surface area contributed by atoms with E-state index >= 15 is 0 Å². The number of nitrogens with two attached hydrogens (primary N) is 1. The molecule has 0 aromatic carbocycles. The maximum Gasteiger partial charge on any atom is 0.227 e. The highest BCUT2D eigenvalue weighted by atomic mass is 32.2. The van der Waals surface area contributed by atoms with Crippen molar-refractivity contribution in [3.05, 3.63) is 17.0 Å². The second-order valence-corrected chi connectivity index (χ2v) is 3.75. The van der Waals surface area contributed by atoms with Gasteiger partial charge in [-0.3, -0.25) is 4.79 Å². The molecule has 0 aliphatic heterocycles. The van der Waals surface area contributed by atoms with Crippen LogP contribution in [0.4, 0.5) is 0 Å². The summed E-state index contributed by atoms with van der Waals surface area (Å²) in [5, 5.41) is 3.81. The third kappa shape index (κ3) is 2.77. The summed E-state index contributed by atoms with van der Waals surface area (Å²) in [6.07, 6.45) is 0. The van der Waals surface area contributed by atoms with Gasteiger partial charge in [0.1, 0.15) is 5.76 Å². The van der Waals surface area contributed by atoms with Gasteiger partial charge in [0, 0.05) is 11.3 Å². The third-order valence-electron chi connectivity index (χ3n) is 1.67. The summed E-state index contributed by atoms with van der Waals surface area (Å²) in [5.41, 5.74) is 6.95. The summed E-state index contributed by atoms with van der Waals surface area (Å²) in [7, 11) is 0. The van der Waals surface area contributed by atoms with E-state index in [9.17, 15) is 4.79 Å². The van der Waals surface area contributed by atoms with Crippen molar-refractivity contribution in [1.29, 1.82) is 0 Å². The van der Waals surface area contributed by atoms with Gasteiger partial charge in [-0.1, -0.05) is 5.16 Å². The van der Waals surface area contributed by atoms with Crippen LogP contribution in [-0.2, 0) is 10.5 Å². The van der Waals surface area contributed by atoms with Crippen LogP contribution in [0, 0.1) is 13.8 Å². The van der Waals surface area contributed by atoms with Gasteiger partial charge in [0.2, 0.25) is 5.91 Å². The molecule has 0 bridgehead atoms. The standard InChI is InChI=1S/C8H12N2O2S/c1-5-7(6(2)12-10-5)3-13-4-8(9)11/h3-4H2,1-2H3,(H2,9,11). The molecule has 13 heavy (non-hydrogen) atoms. The lowest BCUT2D eigenvalue weighted by atomic mass is 10.2. The lowest BCUT2D eigenvalue weighted by Gasteiger charge is -1.97. The molecule has 1 heterocycles. The van der Waals surface area contributed by atoms with E-state index in [-0.39, 0.29) is 5.91 Å². The summed E-state index contributed by atoms with van der Waals surface area (Å²) < 4.78 is 4.97. The Labute approximate surface area is 80.8 Å². The lowest BCUT2D eigenvalue weighted by Crippen LogP contribution is -2.13. The number of thioether (sulfide) groups is 1. The predicted octanol–water partition coefficient (Wildman–Crippen LogP) is 1.01. The second kappa shape index (κ2) is 4.32. The fraction of sp³-hybridized carbons (Fsp3) is 0.500. The number of nitrogens with zero attached hydrogens (tertiary/aromatic N) is 1. The van der Waals surface area contributed by atoms with Crippen LogP contribution in [0.25, 0.3) is 0 Å². The van der Waals surface area contributed by atoms with E-state index in [1.165, 1.54) is 11.8 Å². The molecule has 0 unspecified atom stereocenters. The van der Waals surface area contributed by atoms with Gasteiger partial charge >= 0.3 is 0 Å². The number of carbonyl (C=O) groups excluding carboxylic acids is 1. The Morgan fingerprint density at radius 3 is 2.77 bits per heavy atom. The maximum atomic E-state index is 10.5. The summed E-state index contributed by atoms with van der Waals surface area (Å²) in [4.78, 5) is 10.5. The SMILES string of the molecule is Cc1noc(C)c1CSCC(N)=O. The summed E-state index contributed by atoms with van der Waals surface area (Å²) in [5.74, 6) is 1.58. The van der Waals surface area contributed by atoms with E-state index < -0.39 is 0 Å². The molecule has 1 amide bonds.